The molecule has 0 aliphatic heterocycles. The Labute approximate surface area is 205 Å². The Morgan fingerprint density at radius 1 is 1.03 bits per heavy atom. The van der Waals surface area contributed by atoms with Gasteiger partial charge in [-0.1, -0.05) is 37.3 Å². The van der Waals surface area contributed by atoms with E-state index in [2.05, 4.69) is 14.8 Å². The van der Waals surface area contributed by atoms with Gasteiger partial charge in [-0.2, -0.15) is 13.2 Å². The first-order valence-corrected chi connectivity index (χ1v) is 12.5. The number of aromatic amines is 1. The van der Waals surface area contributed by atoms with E-state index in [0.29, 0.717) is 28.1 Å². The van der Waals surface area contributed by atoms with Crippen LogP contribution in [0, 0.1) is 6.92 Å². The van der Waals surface area contributed by atoms with E-state index in [1.54, 1.807) is 38.1 Å². The van der Waals surface area contributed by atoms with E-state index in [1.807, 2.05) is 0 Å². The van der Waals surface area contributed by atoms with Crippen LogP contribution in [-0.2, 0) is 22.6 Å². The highest BCUT2D eigenvalue weighted by molar-refractivity contribution is 7.89. The van der Waals surface area contributed by atoms with E-state index in [4.69, 9.17) is 0 Å². The van der Waals surface area contributed by atoms with Gasteiger partial charge < -0.3 is 0 Å². The number of nitrogens with zero attached hydrogens (tertiary/aromatic N) is 2. The number of aromatic nitrogens is 3. The SMILES string of the molecule is CCNS(=O)(=O)c1cccnc1-c1ccccc1-n1[nH]c(C)c(Cc2ccc(C(F)(F)F)cc2)c1=O. The van der Waals surface area contributed by atoms with Crippen LogP contribution in [-0.4, -0.2) is 29.7 Å². The Balaban J connectivity index is 1.78. The first-order chi connectivity index (χ1) is 17.0. The van der Waals surface area contributed by atoms with Gasteiger partial charge in [0, 0.05) is 36.0 Å². The van der Waals surface area contributed by atoms with E-state index in [-0.39, 0.29) is 23.6 Å². The topological polar surface area (TPSA) is 96.8 Å². The Hall–Kier alpha value is -3.70. The van der Waals surface area contributed by atoms with Crippen LogP contribution in [0.4, 0.5) is 13.2 Å². The summed E-state index contributed by atoms with van der Waals surface area (Å²) in [5.74, 6) is 0. The van der Waals surface area contributed by atoms with Crippen molar-refractivity contribution in [1.82, 2.24) is 19.5 Å². The summed E-state index contributed by atoms with van der Waals surface area (Å²) < 4.78 is 68.0. The standard InChI is InChI=1S/C25H23F3N4O3S/c1-3-30-36(34,35)22-9-6-14-29-23(22)19-7-4-5-8-21(19)32-24(33)20(16(2)31-32)15-17-10-12-18(13-11-17)25(26,27)28/h4-14,30-31H,3,15H2,1-2H3. The fourth-order valence-electron chi connectivity index (χ4n) is 3.92. The van der Waals surface area contributed by atoms with E-state index >= 15 is 0 Å². The molecule has 0 saturated carbocycles. The number of benzene rings is 2. The van der Waals surface area contributed by atoms with Crippen molar-refractivity contribution in [3.63, 3.8) is 0 Å². The number of pyridine rings is 1. The van der Waals surface area contributed by atoms with Crippen LogP contribution >= 0.6 is 0 Å². The summed E-state index contributed by atoms with van der Waals surface area (Å²) in [6.07, 6.45) is -2.85. The predicted octanol–water partition coefficient (Wildman–Crippen LogP) is 4.44. The lowest BCUT2D eigenvalue weighted by Crippen LogP contribution is -2.24. The van der Waals surface area contributed by atoms with Crippen LogP contribution in [0.5, 0.6) is 0 Å². The lowest BCUT2D eigenvalue weighted by atomic mass is 10.0. The van der Waals surface area contributed by atoms with Gasteiger partial charge in [0.1, 0.15) is 4.90 Å². The molecule has 2 N–H and O–H groups in total. The van der Waals surface area contributed by atoms with E-state index in [9.17, 15) is 26.4 Å². The number of hydrogen-bond donors (Lipinski definition) is 2. The molecule has 0 fully saturated rings. The maximum atomic E-state index is 13.4. The summed E-state index contributed by atoms with van der Waals surface area (Å²) in [5.41, 5.74) is 1.29. The number of para-hydroxylation sites is 1. The molecule has 0 saturated heterocycles. The third kappa shape index (κ3) is 4.98. The fourth-order valence-corrected chi connectivity index (χ4v) is 5.13. The second kappa shape index (κ2) is 9.75. The lowest BCUT2D eigenvalue weighted by Gasteiger charge is -2.13. The highest BCUT2D eigenvalue weighted by atomic mass is 32.2. The van der Waals surface area contributed by atoms with Gasteiger partial charge in [-0.15, -0.1) is 0 Å². The molecule has 0 unspecified atom stereocenters. The zero-order valence-electron chi connectivity index (χ0n) is 19.4. The zero-order valence-corrected chi connectivity index (χ0v) is 20.2. The Morgan fingerprint density at radius 3 is 2.39 bits per heavy atom. The average Bonchev–Trinajstić information content (AvgIpc) is 3.12. The van der Waals surface area contributed by atoms with Crippen molar-refractivity contribution in [2.45, 2.75) is 31.3 Å². The molecular weight excluding hydrogens is 493 g/mol. The van der Waals surface area contributed by atoms with Gasteiger partial charge in [0.25, 0.3) is 5.56 Å². The van der Waals surface area contributed by atoms with Crippen molar-refractivity contribution in [2.75, 3.05) is 6.54 Å². The third-order valence-electron chi connectivity index (χ3n) is 5.65. The van der Waals surface area contributed by atoms with Crippen LogP contribution in [0.1, 0.15) is 29.3 Å². The molecule has 0 amide bonds. The summed E-state index contributed by atoms with van der Waals surface area (Å²) in [7, 11) is -3.85. The number of alkyl halides is 3. The average molecular weight is 517 g/mol. The molecule has 188 valence electrons. The van der Waals surface area contributed by atoms with Crippen LogP contribution in [0.25, 0.3) is 16.9 Å². The molecule has 7 nitrogen and oxygen atoms in total. The smallest absolute Gasteiger partial charge is 0.295 e. The monoisotopic (exact) mass is 516 g/mol. The lowest BCUT2D eigenvalue weighted by molar-refractivity contribution is -0.137. The maximum absolute atomic E-state index is 13.4. The molecule has 36 heavy (non-hydrogen) atoms. The second-order valence-electron chi connectivity index (χ2n) is 8.10. The van der Waals surface area contributed by atoms with Crippen molar-refractivity contribution in [3.8, 4) is 16.9 Å². The highest BCUT2D eigenvalue weighted by Crippen LogP contribution is 2.31. The van der Waals surface area contributed by atoms with Crippen molar-refractivity contribution < 1.29 is 21.6 Å². The van der Waals surface area contributed by atoms with Crippen molar-refractivity contribution in [3.05, 3.63) is 99.6 Å². The molecule has 4 rings (SSSR count). The van der Waals surface area contributed by atoms with Gasteiger partial charge in [-0.3, -0.25) is 14.9 Å². The molecule has 0 spiro atoms. The molecule has 0 aliphatic rings. The van der Waals surface area contributed by atoms with Gasteiger partial charge in [0.05, 0.1) is 16.9 Å². The molecular formula is C25H23F3N4O3S. The predicted molar refractivity (Wildman–Crippen MR) is 129 cm³/mol. The van der Waals surface area contributed by atoms with Gasteiger partial charge in [0.15, 0.2) is 0 Å². The number of nitrogens with one attached hydrogen (secondary N) is 2. The summed E-state index contributed by atoms with van der Waals surface area (Å²) in [6.45, 7) is 3.56. The molecule has 0 radical (unpaired) electrons. The van der Waals surface area contributed by atoms with E-state index in [1.165, 1.54) is 35.1 Å². The molecule has 4 aromatic rings. The Morgan fingerprint density at radius 2 is 1.72 bits per heavy atom. The highest BCUT2D eigenvalue weighted by Gasteiger charge is 2.30. The minimum atomic E-state index is -4.44. The minimum absolute atomic E-state index is 0.0272. The van der Waals surface area contributed by atoms with Crippen LogP contribution in [0.2, 0.25) is 0 Å². The molecule has 11 heteroatoms. The molecule has 0 aliphatic carbocycles. The third-order valence-corrected chi connectivity index (χ3v) is 7.23. The van der Waals surface area contributed by atoms with Crippen molar-refractivity contribution >= 4 is 10.0 Å². The Kier molecular flexibility index (Phi) is 6.87. The van der Waals surface area contributed by atoms with Crippen molar-refractivity contribution in [1.29, 1.82) is 0 Å². The number of rotatable bonds is 7. The van der Waals surface area contributed by atoms with Gasteiger partial charge >= 0.3 is 6.18 Å². The summed E-state index contributed by atoms with van der Waals surface area (Å²) in [5, 5.41) is 3.01. The first kappa shape index (κ1) is 25.4. The van der Waals surface area contributed by atoms with Crippen LogP contribution in [0.15, 0.2) is 76.6 Å². The normalized spacial score (nSPS) is 12.1. The molecule has 2 heterocycles. The molecule has 0 bridgehead atoms. The van der Waals surface area contributed by atoms with Crippen molar-refractivity contribution in [2.24, 2.45) is 0 Å². The largest absolute Gasteiger partial charge is 0.416 e. The fraction of sp³-hybridized carbons (Fsp3) is 0.200. The quantitative estimate of drug-likeness (QED) is 0.380. The molecule has 2 aromatic carbocycles. The van der Waals surface area contributed by atoms with E-state index < -0.39 is 27.3 Å². The number of aryl methyl sites for hydroxylation is 1. The summed E-state index contributed by atoms with van der Waals surface area (Å²) in [4.78, 5) is 17.7. The minimum Gasteiger partial charge on any atom is -0.295 e. The second-order valence-corrected chi connectivity index (χ2v) is 9.83. The Bertz CT molecular complexity index is 1560. The maximum Gasteiger partial charge on any atom is 0.416 e. The number of halogens is 3. The number of sulfonamides is 1. The number of hydrogen-bond acceptors (Lipinski definition) is 4. The zero-order chi connectivity index (χ0) is 26.1. The molecule has 0 atom stereocenters. The first-order valence-electron chi connectivity index (χ1n) is 11.0. The van der Waals surface area contributed by atoms with E-state index in [0.717, 1.165) is 12.1 Å². The van der Waals surface area contributed by atoms with Crippen LogP contribution < -0.4 is 10.3 Å². The van der Waals surface area contributed by atoms with Gasteiger partial charge in [-0.05, 0) is 42.8 Å². The van der Waals surface area contributed by atoms with Gasteiger partial charge in [-0.25, -0.2) is 17.8 Å². The number of H-pyrrole nitrogens is 1. The molecule has 2 aromatic heterocycles. The van der Waals surface area contributed by atoms with Gasteiger partial charge in [0.2, 0.25) is 10.0 Å². The summed E-state index contributed by atoms with van der Waals surface area (Å²) >= 11 is 0. The summed E-state index contributed by atoms with van der Waals surface area (Å²) in [6, 6.07) is 14.4. The van der Waals surface area contributed by atoms with Crippen LogP contribution in [0.3, 0.4) is 0 Å².